The van der Waals surface area contributed by atoms with E-state index >= 15 is 0 Å². The van der Waals surface area contributed by atoms with E-state index in [1.165, 1.54) is 5.56 Å². The van der Waals surface area contributed by atoms with E-state index in [1.54, 1.807) is 14.2 Å². The lowest BCUT2D eigenvalue weighted by Crippen LogP contribution is -2.25. The largest absolute Gasteiger partial charge is 0.497 e. The van der Waals surface area contributed by atoms with E-state index < -0.39 is 0 Å². The standard InChI is InChI=1S/C19H25ClN4O2/c1-5-14(11-25-3)23-17-10-18(22-12(2)21-17)24-7-6-13-8-15(26-4)9-16(20)19(13)24/h8-10,14H,5-7,11H2,1-4H3,(H,21,22,23). The number of anilines is 3. The molecule has 1 aliphatic rings. The fourth-order valence-electron chi connectivity index (χ4n) is 3.25. The average Bonchev–Trinajstić information content (AvgIpc) is 3.05. The van der Waals surface area contributed by atoms with Crippen molar-refractivity contribution in [3.8, 4) is 5.75 Å². The van der Waals surface area contributed by atoms with Gasteiger partial charge in [0.25, 0.3) is 0 Å². The summed E-state index contributed by atoms with van der Waals surface area (Å²) in [5, 5.41) is 4.11. The lowest BCUT2D eigenvalue weighted by molar-refractivity contribution is 0.184. The van der Waals surface area contributed by atoms with E-state index in [0.717, 1.165) is 48.3 Å². The molecule has 140 valence electrons. The molecule has 0 saturated heterocycles. The molecular formula is C19H25ClN4O2. The minimum atomic E-state index is 0.209. The number of hydrogen-bond donors (Lipinski definition) is 1. The van der Waals surface area contributed by atoms with Gasteiger partial charge in [-0.3, -0.25) is 0 Å². The van der Waals surface area contributed by atoms with Crippen molar-refractivity contribution in [3.05, 3.63) is 34.6 Å². The zero-order chi connectivity index (χ0) is 18.7. The van der Waals surface area contributed by atoms with Crippen LogP contribution in [0.3, 0.4) is 0 Å². The van der Waals surface area contributed by atoms with Crippen LogP contribution < -0.4 is 15.0 Å². The molecule has 0 saturated carbocycles. The molecule has 26 heavy (non-hydrogen) atoms. The van der Waals surface area contributed by atoms with Gasteiger partial charge >= 0.3 is 0 Å². The first-order valence-corrected chi connectivity index (χ1v) is 9.18. The van der Waals surface area contributed by atoms with Crippen LogP contribution in [0, 0.1) is 6.92 Å². The highest BCUT2D eigenvalue weighted by molar-refractivity contribution is 6.33. The topological polar surface area (TPSA) is 59.5 Å². The molecular weight excluding hydrogens is 352 g/mol. The van der Waals surface area contributed by atoms with E-state index in [0.29, 0.717) is 11.6 Å². The number of ether oxygens (including phenoxy) is 2. The molecule has 1 aromatic heterocycles. The van der Waals surface area contributed by atoms with Gasteiger partial charge in [0, 0.05) is 25.8 Å². The van der Waals surface area contributed by atoms with Crippen LogP contribution in [0.1, 0.15) is 24.7 Å². The summed E-state index contributed by atoms with van der Waals surface area (Å²) in [7, 11) is 3.36. The normalized spacial score (nSPS) is 14.3. The summed E-state index contributed by atoms with van der Waals surface area (Å²) in [5.74, 6) is 3.14. The highest BCUT2D eigenvalue weighted by Gasteiger charge is 2.26. The molecule has 1 atom stereocenters. The Bertz CT molecular complexity index is 784. The molecule has 7 heteroatoms. The van der Waals surface area contributed by atoms with Crippen molar-refractivity contribution in [2.75, 3.05) is 37.6 Å². The summed E-state index contributed by atoms with van der Waals surface area (Å²) in [6.45, 7) is 5.48. The molecule has 2 aromatic rings. The molecule has 0 bridgehead atoms. The number of hydrogen-bond acceptors (Lipinski definition) is 6. The van der Waals surface area contributed by atoms with Gasteiger partial charge in [-0.25, -0.2) is 9.97 Å². The van der Waals surface area contributed by atoms with Crippen LogP contribution in [0.2, 0.25) is 5.02 Å². The molecule has 1 unspecified atom stereocenters. The number of nitrogens with one attached hydrogen (secondary N) is 1. The Morgan fingerprint density at radius 1 is 1.27 bits per heavy atom. The van der Waals surface area contributed by atoms with E-state index in [2.05, 4.69) is 27.1 Å². The summed E-state index contributed by atoms with van der Waals surface area (Å²) < 4.78 is 10.6. The summed E-state index contributed by atoms with van der Waals surface area (Å²) in [4.78, 5) is 11.3. The molecule has 1 N–H and O–H groups in total. The quantitative estimate of drug-likeness (QED) is 0.788. The number of rotatable bonds is 7. The van der Waals surface area contributed by atoms with Crippen LogP contribution in [-0.4, -0.2) is 43.4 Å². The Balaban J connectivity index is 1.92. The summed E-state index contributed by atoms with van der Waals surface area (Å²) in [5.41, 5.74) is 2.17. The van der Waals surface area contributed by atoms with Gasteiger partial charge in [0.1, 0.15) is 23.2 Å². The third kappa shape index (κ3) is 3.86. The van der Waals surface area contributed by atoms with Crippen LogP contribution in [-0.2, 0) is 11.2 Å². The smallest absolute Gasteiger partial charge is 0.138 e. The highest BCUT2D eigenvalue weighted by Crippen LogP contribution is 2.42. The molecule has 0 aliphatic carbocycles. The van der Waals surface area contributed by atoms with Gasteiger partial charge in [0.15, 0.2) is 0 Å². The van der Waals surface area contributed by atoms with Crippen LogP contribution in [0.4, 0.5) is 17.3 Å². The van der Waals surface area contributed by atoms with Crippen molar-refractivity contribution < 1.29 is 9.47 Å². The predicted octanol–water partition coefficient (Wildman–Crippen LogP) is 3.98. The van der Waals surface area contributed by atoms with Crippen molar-refractivity contribution in [2.45, 2.75) is 32.7 Å². The van der Waals surface area contributed by atoms with Crippen LogP contribution >= 0.6 is 11.6 Å². The zero-order valence-electron chi connectivity index (χ0n) is 15.7. The Labute approximate surface area is 159 Å². The minimum absolute atomic E-state index is 0.209. The number of aromatic nitrogens is 2. The SMILES string of the molecule is CCC(COC)Nc1cc(N2CCc3cc(OC)cc(Cl)c32)nc(C)n1. The van der Waals surface area contributed by atoms with Gasteiger partial charge in [-0.15, -0.1) is 0 Å². The van der Waals surface area contributed by atoms with Gasteiger partial charge in [-0.05, 0) is 31.4 Å². The molecule has 0 amide bonds. The lowest BCUT2D eigenvalue weighted by atomic mass is 10.1. The second-order valence-electron chi connectivity index (χ2n) is 6.38. The van der Waals surface area contributed by atoms with Gasteiger partial charge in [-0.2, -0.15) is 0 Å². The third-order valence-electron chi connectivity index (χ3n) is 4.54. The fraction of sp³-hybridized carbons (Fsp3) is 0.474. The minimum Gasteiger partial charge on any atom is -0.497 e. The van der Waals surface area contributed by atoms with Crippen LogP contribution in [0.25, 0.3) is 0 Å². The zero-order valence-corrected chi connectivity index (χ0v) is 16.4. The maximum Gasteiger partial charge on any atom is 0.138 e. The van der Waals surface area contributed by atoms with E-state index in [1.807, 2.05) is 25.1 Å². The Morgan fingerprint density at radius 2 is 2.08 bits per heavy atom. The van der Waals surface area contributed by atoms with E-state index in [4.69, 9.17) is 21.1 Å². The molecule has 6 nitrogen and oxygen atoms in total. The number of benzene rings is 1. The lowest BCUT2D eigenvalue weighted by Gasteiger charge is -2.22. The molecule has 0 radical (unpaired) electrons. The molecule has 0 spiro atoms. The number of halogens is 1. The maximum absolute atomic E-state index is 6.53. The monoisotopic (exact) mass is 376 g/mol. The number of fused-ring (bicyclic) bond motifs is 1. The van der Waals surface area contributed by atoms with E-state index in [9.17, 15) is 0 Å². The fourth-order valence-corrected chi connectivity index (χ4v) is 3.58. The van der Waals surface area contributed by atoms with Gasteiger partial charge in [0.2, 0.25) is 0 Å². The number of methoxy groups -OCH3 is 2. The van der Waals surface area contributed by atoms with E-state index in [-0.39, 0.29) is 6.04 Å². The predicted molar refractivity (Wildman–Crippen MR) is 105 cm³/mol. The highest BCUT2D eigenvalue weighted by atomic mass is 35.5. The van der Waals surface area contributed by atoms with Crippen LogP contribution in [0.5, 0.6) is 5.75 Å². The van der Waals surface area contributed by atoms with Crippen LogP contribution in [0.15, 0.2) is 18.2 Å². The summed E-state index contributed by atoms with van der Waals surface area (Å²) in [6.07, 6.45) is 1.85. The summed E-state index contributed by atoms with van der Waals surface area (Å²) >= 11 is 6.53. The Morgan fingerprint density at radius 3 is 2.77 bits per heavy atom. The molecule has 3 rings (SSSR count). The van der Waals surface area contributed by atoms with Crippen molar-refractivity contribution >= 4 is 28.9 Å². The maximum atomic E-state index is 6.53. The van der Waals surface area contributed by atoms with Crippen molar-refractivity contribution in [2.24, 2.45) is 0 Å². The molecule has 2 heterocycles. The number of nitrogens with zero attached hydrogens (tertiary/aromatic N) is 3. The second kappa shape index (κ2) is 8.10. The second-order valence-corrected chi connectivity index (χ2v) is 6.79. The van der Waals surface area contributed by atoms with Crippen molar-refractivity contribution in [3.63, 3.8) is 0 Å². The molecule has 1 aliphatic heterocycles. The summed E-state index contributed by atoms with van der Waals surface area (Å²) in [6, 6.07) is 6.07. The first kappa shape index (κ1) is 18.7. The Kier molecular flexibility index (Phi) is 5.84. The molecule has 1 aromatic carbocycles. The first-order valence-electron chi connectivity index (χ1n) is 8.80. The van der Waals surface area contributed by atoms with Crippen molar-refractivity contribution in [1.82, 2.24) is 9.97 Å². The average molecular weight is 377 g/mol. The van der Waals surface area contributed by atoms with Gasteiger partial charge in [-0.1, -0.05) is 18.5 Å². The first-order chi connectivity index (χ1) is 12.5. The van der Waals surface area contributed by atoms with Crippen molar-refractivity contribution in [1.29, 1.82) is 0 Å². The van der Waals surface area contributed by atoms with Gasteiger partial charge < -0.3 is 19.7 Å². The Hall–Kier alpha value is -2.05. The molecule has 0 fully saturated rings. The third-order valence-corrected chi connectivity index (χ3v) is 4.83. The van der Waals surface area contributed by atoms with Gasteiger partial charge in [0.05, 0.1) is 30.5 Å². The number of aryl methyl sites for hydroxylation is 1.